The van der Waals surface area contributed by atoms with Crippen LogP contribution >= 0.6 is 11.6 Å². The minimum atomic E-state index is -0.423. The number of oxime groups is 1. The molecule has 0 amide bonds. The van der Waals surface area contributed by atoms with E-state index in [2.05, 4.69) is 20.5 Å². The Morgan fingerprint density at radius 2 is 2.33 bits per heavy atom. The Balaban J connectivity index is 2.48. The highest BCUT2D eigenvalue weighted by Crippen LogP contribution is 2.31. The van der Waals surface area contributed by atoms with Crippen LogP contribution < -0.4 is 5.73 Å². The minimum absolute atomic E-state index is 0.136. The monoisotopic (exact) mass is 268 g/mol. The van der Waals surface area contributed by atoms with Crippen LogP contribution in [0, 0.1) is 0 Å². The van der Waals surface area contributed by atoms with Crippen molar-refractivity contribution in [2.75, 3.05) is 0 Å². The maximum atomic E-state index is 8.64. The number of halogens is 1. The average Bonchev–Trinajstić information content (AvgIpc) is 2.74. The van der Waals surface area contributed by atoms with E-state index in [1.807, 2.05) is 13.8 Å². The van der Waals surface area contributed by atoms with Crippen molar-refractivity contribution in [2.45, 2.75) is 25.7 Å². The number of hydrogen-bond donors (Lipinski definition) is 2. The SMILES string of the molecule is CC(C)(CC(N)=NO)c1cc2nncn2nc1Cl. The maximum absolute atomic E-state index is 8.64. The molecule has 96 valence electrons. The van der Waals surface area contributed by atoms with Crippen LogP contribution in [-0.4, -0.2) is 30.9 Å². The van der Waals surface area contributed by atoms with Gasteiger partial charge in [0.05, 0.1) is 0 Å². The zero-order valence-electron chi connectivity index (χ0n) is 10.0. The summed E-state index contributed by atoms with van der Waals surface area (Å²) in [4.78, 5) is 0. The summed E-state index contributed by atoms with van der Waals surface area (Å²) in [6.45, 7) is 3.86. The molecule has 0 saturated heterocycles. The van der Waals surface area contributed by atoms with Crippen LogP contribution in [0.5, 0.6) is 0 Å². The van der Waals surface area contributed by atoms with E-state index >= 15 is 0 Å². The van der Waals surface area contributed by atoms with Gasteiger partial charge in [0, 0.05) is 17.4 Å². The molecule has 2 heterocycles. The number of rotatable bonds is 3. The first kappa shape index (κ1) is 12.6. The summed E-state index contributed by atoms with van der Waals surface area (Å²) < 4.78 is 1.49. The van der Waals surface area contributed by atoms with Crippen molar-refractivity contribution in [3.8, 4) is 0 Å². The van der Waals surface area contributed by atoms with Gasteiger partial charge < -0.3 is 10.9 Å². The molecule has 2 aromatic rings. The van der Waals surface area contributed by atoms with E-state index in [0.29, 0.717) is 17.2 Å². The predicted octanol–water partition coefficient (Wildman–Crippen LogP) is 1.19. The smallest absolute Gasteiger partial charge is 0.177 e. The molecule has 7 nitrogen and oxygen atoms in total. The Morgan fingerprint density at radius 1 is 1.61 bits per heavy atom. The van der Waals surface area contributed by atoms with Crippen molar-refractivity contribution >= 4 is 23.1 Å². The number of hydrogen-bond acceptors (Lipinski definition) is 5. The molecule has 0 radical (unpaired) electrons. The Bertz CT molecular complexity index is 605. The summed E-state index contributed by atoms with van der Waals surface area (Å²) >= 11 is 6.14. The standard InChI is InChI=1S/C10H13ClN6O/c1-10(2,4-7(12)16-18)6-3-8-14-13-5-17(8)15-9(6)11/h3,5,18H,4H2,1-2H3,(H2,12,16). The fraction of sp³-hybridized carbons (Fsp3) is 0.400. The highest BCUT2D eigenvalue weighted by molar-refractivity contribution is 6.30. The third-order valence-corrected chi connectivity index (χ3v) is 3.01. The summed E-state index contributed by atoms with van der Waals surface area (Å²) in [6, 6.07) is 1.80. The molecule has 0 aliphatic carbocycles. The third-order valence-electron chi connectivity index (χ3n) is 2.73. The Kier molecular flexibility index (Phi) is 3.08. The molecule has 0 aliphatic heterocycles. The van der Waals surface area contributed by atoms with E-state index in [9.17, 15) is 0 Å². The second kappa shape index (κ2) is 4.41. The van der Waals surface area contributed by atoms with E-state index in [1.54, 1.807) is 6.07 Å². The van der Waals surface area contributed by atoms with Crippen molar-refractivity contribution in [3.05, 3.63) is 23.1 Å². The zero-order chi connectivity index (χ0) is 13.3. The van der Waals surface area contributed by atoms with Crippen LogP contribution in [0.2, 0.25) is 5.15 Å². The molecule has 0 unspecified atom stereocenters. The highest BCUT2D eigenvalue weighted by atomic mass is 35.5. The van der Waals surface area contributed by atoms with Gasteiger partial charge >= 0.3 is 0 Å². The predicted molar refractivity (Wildman–Crippen MR) is 66.8 cm³/mol. The normalized spacial score (nSPS) is 13.2. The number of fused-ring (bicyclic) bond motifs is 1. The van der Waals surface area contributed by atoms with Crippen molar-refractivity contribution < 1.29 is 5.21 Å². The minimum Gasteiger partial charge on any atom is -0.409 e. The lowest BCUT2D eigenvalue weighted by Gasteiger charge is -2.24. The molecule has 0 bridgehead atoms. The second-order valence-electron chi connectivity index (χ2n) is 4.63. The molecular formula is C10H13ClN6O. The van der Waals surface area contributed by atoms with E-state index in [0.717, 1.165) is 5.56 Å². The van der Waals surface area contributed by atoms with Crippen molar-refractivity contribution in [1.82, 2.24) is 19.8 Å². The summed E-state index contributed by atoms with van der Waals surface area (Å²) in [5, 5.41) is 23.8. The van der Waals surface area contributed by atoms with Gasteiger partial charge in [-0.25, -0.2) is 0 Å². The zero-order valence-corrected chi connectivity index (χ0v) is 10.8. The first-order chi connectivity index (χ1) is 8.44. The fourth-order valence-corrected chi connectivity index (χ4v) is 2.20. The van der Waals surface area contributed by atoms with Crippen LogP contribution in [0.25, 0.3) is 5.65 Å². The number of amidine groups is 1. The first-order valence-corrected chi connectivity index (χ1v) is 5.65. The lowest BCUT2D eigenvalue weighted by Crippen LogP contribution is -2.27. The molecule has 0 atom stereocenters. The Hall–Kier alpha value is -1.89. The van der Waals surface area contributed by atoms with Gasteiger partial charge in [-0.3, -0.25) is 0 Å². The number of nitrogens with two attached hydrogens (primary N) is 1. The summed E-state index contributed by atoms with van der Waals surface area (Å²) in [5.41, 5.74) is 6.49. The molecule has 0 fully saturated rings. The molecule has 2 rings (SSSR count). The number of nitrogens with zero attached hydrogens (tertiary/aromatic N) is 5. The summed E-state index contributed by atoms with van der Waals surface area (Å²) in [6.07, 6.45) is 1.83. The fourth-order valence-electron chi connectivity index (χ4n) is 1.81. The van der Waals surface area contributed by atoms with E-state index in [1.165, 1.54) is 10.8 Å². The van der Waals surface area contributed by atoms with Gasteiger partial charge in [0.25, 0.3) is 0 Å². The van der Waals surface area contributed by atoms with Gasteiger partial charge in [-0.15, -0.1) is 10.2 Å². The van der Waals surface area contributed by atoms with Gasteiger partial charge in [0.2, 0.25) is 0 Å². The van der Waals surface area contributed by atoms with Crippen LogP contribution in [0.1, 0.15) is 25.8 Å². The van der Waals surface area contributed by atoms with E-state index in [4.69, 9.17) is 22.5 Å². The Labute approximate surface area is 108 Å². The quantitative estimate of drug-likeness (QED) is 0.377. The molecule has 8 heteroatoms. The molecule has 2 aromatic heterocycles. The van der Waals surface area contributed by atoms with Gasteiger partial charge in [-0.2, -0.15) is 9.61 Å². The van der Waals surface area contributed by atoms with Crippen molar-refractivity contribution in [3.63, 3.8) is 0 Å². The van der Waals surface area contributed by atoms with Gasteiger partial charge in [-0.05, 0) is 6.07 Å². The molecule has 18 heavy (non-hydrogen) atoms. The molecule has 0 aromatic carbocycles. The number of aromatic nitrogens is 4. The summed E-state index contributed by atoms with van der Waals surface area (Å²) in [5.74, 6) is 0.136. The van der Waals surface area contributed by atoms with Gasteiger partial charge in [0.15, 0.2) is 10.8 Å². The van der Waals surface area contributed by atoms with Gasteiger partial charge in [-0.1, -0.05) is 30.6 Å². The van der Waals surface area contributed by atoms with Gasteiger partial charge in [0.1, 0.15) is 12.2 Å². The topological polar surface area (TPSA) is 102 Å². The van der Waals surface area contributed by atoms with Crippen LogP contribution in [0.3, 0.4) is 0 Å². The van der Waals surface area contributed by atoms with Crippen molar-refractivity contribution in [1.29, 1.82) is 0 Å². The molecule has 0 spiro atoms. The Morgan fingerprint density at radius 3 is 3.00 bits per heavy atom. The van der Waals surface area contributed by atoms with Crippen LogP contribution in [0.4, 0.5) is 0 Å². The van der Waals surface area contributed by atoms with E-state index < -0.39 is 5.41 Å². The third kappa shape index (κ3) is 2.21. The largest absolute Gasteiger partial charge is 0.409 e. The molecule has 0 aliphatic rings. The average molecular weight is 269 g/mol. The van der Waals surface area contributed by atoms with Crippen LogP contribution in [0.15, 0.2) is 17.5 Å². The summed E-state index contributed by atoms with van der Waals surface area (Å²) in [7, 11) is 0. The lowest BCUT2D eigenvalue weighted by molar-refractivity contribution is 0.314. The van der Waals surface area contributed by atoms with E-state index in [-0.39, 0.29) is 5.84 Å². The molecular weight excluding hydrogens is 256 g/mol. The van der Waals surface area contributed by atoms with Crippen LogP contribution in [-0.2, 0) is 5.41 Å². The lowest BCUT2D eigenvalue weighted by atomic mass is 9.82. The van der Waals surface area contributed by atoms with Crippen molar-refractivity contribution in [2.24, 2.45) is 10.9 Å². The second-order valence-corrected chi connectivity index (χ2v) is 4.99. The first-order valence-electron chi connectivity index (χ1n) is 5.27. The maximum Gasteiger partial charge on any atom is 0.177 e. The molecule has 3 N–H and O–H groups in total. The molecule has 0 saturated carbocycles. The highest BCUT2D eigenvalue weighted by Gasteiger charge is 2.26.